The third-order valence-electron chi connectivity index (χ3n) is 3.33. The fraction of sp³-hybridized carbons (Fsp3) is 0.571. The van der Waals surface area contributed by atoms with E-state index in [1.165, 1.54) is 25.3 Å². The lowest BCUT2D eigenvalue weighted by molar-refractivity contribution is 0.106. The van der Waals surface area contributed by atoms with Crippen LogP contribution in [0.1, 0.15) is 31.2 Å². The first-order valence-corrected chi connectivity index (χ1v) is 6.89. The molecule has 2 rings (SSSR count). The predicted molar refractivity (Wildman–Crippen MR) is 71.3 cm³/mol. The highest BCUT2D eigenvalue weighted by Crippen LogP contribution is 2.20. The van der Waals surface area contributed by atoms with Crippen LogP contribution in [0.3, 0.4) is 0 Å². The first-order valence-electron chi connectivity index (χ1n) is 6.51. The van der Waals surface area contributed by atoms with Crippen molar-refractivity contribution in [2.24, 2.45) is 0 Å². The maximum Gasteiger partial charge on any atom is 0.130 e. The monoisotopic (exact) mass is 271 g/mol. The van der Waals surface area contributed by atoms with Gasteiger partial charge in [-0.15, -0.1) is 0 Å². The minimum Gasteiger partial charge on any atom is -0.377 e. The Balaban J connectivity index is 1.71. The van der Waals surface area contributed by atoms with E-state index in [4.69, 9.17) is 16.3 Å². The SMILES string of the molecule is Fc1cccc(Cl)c1COCCC1CCCCN1. The Hall–Kier alpha value is -0.640. The van der Waals surface area contributed by atoms with Crippen molar-refractivity contribution in [2.45, 2.75) is 38.3 Å². The predicted octanol–water partition coefficient (Wildman–Crippen LogP) is 3.53. The smallest absolute Gasteiger partial charge is 0.130 e. The summed E-state index contributed by atoms with van der Waals surface area (Å²) in [6, 6.07) is 5.25. The van der Waals surface area contributed by atoms with Gasteiger partial charge < -0.3 is 10.1 Å². The Morgan fingerprint density at radius 2 is 2.28 bits per heavy atom. The summed E-state index contributed by atoms with van der Waals surface area (Å²) < 4.78 is 19.0. The molecule has 1 aromatic rings. The van der Waals surface area contributed by atoms with Crippen molar-refractivity contribution in [1.29, 1.82) is 0 Å². The van der Waals surface area contributed by atoms with Gasteiger partial charge in [0.15, 0.2) is 0 Å². The molecular weight excluding hydrogens is 253 g/mol. The first-order chi connectivity index (χ1) is 8.77. The molecule has 0 bridgehead atoms. The number of ether oxygens (including phenoxy) is 1. The van der Waals surface area contributed by atoms with Crippen LogP contribution in [0, 0.1) is 5.82 Å². The normalized spacial score (nSPS) is 20.0. The van der Waals surface area contributed by atoms with E-state index in [9.17, 15) is 4.39 Å². The number of nitrogens with one attached hydrogen (secondary N) is 1. The zero-order chi connectivity index (χ0) is 12.8. The maximum atomic E-state index is 13.5. The molecule has 2 nitrogen and oxygen atoms in total. The fourth-order valence-electron chi connectivity index (χ4n) is 2.24. The van der Waals surface area contributed by atoms with Gasteiger partial charge in [0.2, 0.25) is 0 Å². The molecule has 100 valence electrons. The molecule has 0 aliphatic carbocycles. The van der Waals surface area contributed by atoms with Crippen LogP contribution < -0.4 is 5.32 Å². The Bertz CT molecular complexity index is 360. The van der Waals surface area contributed by atoms with E-state index in [0.29, 0.717) is 23.2 Å². The zero-order valence-electron chi connectivity index (χ0n) is 10.4. The van der Waals surface area contributed by atoms with Crippen LogP contribution in [0.4, 0.5) is 4.39 Å². The van der Waals surface area contributed by atoms with E-state index in [1.807, 2.05) is 0 Å². The quantitative estimate of drug-likeness (QED) is 0.828. The number of rotatable bonds is 5. The van der Waals surface area contributed by atoms with Gasteiger partial charge in [0.05, 0.1) is 6.61 Å². The number of hydrogen-bond donors (Lipinski definition) is 1. The number of halogens is 2. The van der Waals surface area contributed by atoms with Crippen LogP contribution in [0.25, 0.3) is 0 Å². The van der Waals surface area contributed by atoms with Gasteiger partial charge in [-0.25, -0.2) is 4.39 Å². The van der Waals surface area contributed by atoms with E-state index >= 15 is 0 Å². The molecule has 1 saturated heterocycles. The second-order valence-electron chi connectivity index (χ2n) is 4.69. The van der Waals surface area contributed by atoms with Crippen molar-refractivity contribution < 1.29 is 9.13 Å². The molecule has 1 unspecified atom stereocenters. The molecule has 18 heavy (non-hydrogen) atoms. The largest absolute Gasteiger partial charge is 0.377 e. The number of piperidine rings is 1. The van der Waals surface area contributed by atoms with Crippen molar-refractivity contribution in [2.75, 3.05) is 13.2 Å². The van der Waals surface area contributed by atoms with Gasteiger partial charge in [-0.1, -0.05) is 24.1 Å². The van der Waals surface area contributed by atoms with Crippen LogP contribution >= 0.6 is 11.6 Å². The van der Waals surface area contributed by atoms with Crippen molar-refractivity contribution in [1.82, 2.24) is 5.32 Å². The standard InChI is InChI=1S/C14H19ClFNO/c15-13-5-3-6-14(16)12(13)10-18-9-7-11-4-1-2-8-17-11/h3,5-6,11,17H,1-2,4,7-10H2. The lowest BCUT2D eigenvalue weighted by Crippen LogP contribution is -2.34. The lowest BCUT2D eigenvalue weighted by Gasteiger charge is -2.23. The van der Waals surface area contributed by atoms with Gasteiger partial charge in [-0.3, -0.25) is 0 Å². The molecule has 4 heteroatoms. The molecule has 1 aromatic carbocycles. The van der Waals surface area contributed by atoms with E-state index in [0.717, 1.165) is 13.0 Å². The number of hydrogen-bond acceptors (Lipinski definition) is 2. The Morgan fingerprint density at radius 1 is 1.39 bits per heavy atom. The topological polar surface area (TPSA) is 21.3 Å². The van der Waals surface area contributed by atoms with E-state index in [2.05, 4.69) is 5.32 Å². The molecule has 1 heterocycles. The molecule has 0 amide bonds. The van der Waals surface area contributed by atoms with Gasteiger partial charge >= 0.3 is 0 Å². The molecule has 1 aliphatic heterocycles. The van der Waals surface area contributed by atoms with Crippen LogP contribution in [0.2, 0.25) is 5.02 Å². The van der Waals surface area contributed by atoms with Crippen molar-refractivity contribution in [3.63, 3.8) is 0 Å². The van der Waals surface area contributed by atoms with Gasteiger partial charge in [0.25, 0.3) is 0 Å². The van der Waals surface area contributed by atoms with Gasteiger partial charge in [-0.2, -0.15) is 0 Å². The Labute approximate surface area is 112 Å². The van der Waals surface area contributed by atoms with E-state index < -0.39 is 0 Å². The van der Waals surface area contributed by atoms with E-state index in [-0.39, 0.29) is 12.4 Å². The Morgan fingerprint density at radius 3 is 3.00 bits per heavy atom. The summed E-state index contributed by atoms with van der Waals surface area (Å²) in [5, 5.41) is 3.90. The van der Waals surface area contributed by atoms with Crippen LogP contribution in [-0.2, 0) is 11.3 Å². The summed E-state index contributed by atoms with van der Waals surface area (Å²) in [6.45, 7) is 1.99. The van der Waals surface area contributed by atoms with Crippen LogP contribution in [-0.4, -0.2) is 19.2 Å². The molecule has 0 radical (unpaired) electrons. The minimum atomic E-state index is -0.293. The fourth-order valence-corrected chi connectivity index (χ4v) is 2.46. The molecule has 1 fully saturated rings. The summed E-state index contributed by atoms with van der Waals surface area (Å²) in [7, 11) is 0. The van der Waals surface area contributed by atoms with Crippen molar-refractivity contribution in [3.05, 3.63) is 34.6 Å². The second-order valence-corrected chi connectivity index (χ2v) is 5.10. The molecular formula is C14H19ClFNO. The van der Waals surface area contributed by atoms with Gasteiger partial charge in [-0.05, 0) is 37.9 Å². The molecule has 0 spiro atoms. The molecule has 1 aliphatic rings. The van der Waals surface area contributed by atoms with E-state index in [1.54, 1.807) is 12.1 Å². The summed E-state index contributed by atoms with van der Waals surface area (Å²) >= 11 is 5.92. The van der Waals surface area contributed by atoms with Crippen LogP contribution in [0.5, 0.6) is 0 Å². The van der Waals surface area contributed by atoms with Gasteiger partial charge in [0.1, 0.15) is 5.82 Å². The molecule has 1 N–H and O–H groups in total. The van der Waals surface area contributed by atoms with Crippen molar-refractivity contribution in [3.8, 4) is 0 Å². The van der Waals surface area contributed by atoms with Crippen molar-refractivity contribution >= 4 is 11.6 Å². The minimum absolute atomic E-state index is 0.248. The average molecular weight is 272 g/mol. The van der Waals surface area contributed by atoms with Gasteiger partial charge in [0, 0.05) is 23.2 Å². The first kappa shape index (κ1) is 13.8. The van der Waals surface area contributed by atoms with Crippen LogP contribution in [0.15, 0.2) is 18.2 Å². The Kier molecular flexibility index (Phi) is 5.42. The third-order valence-corrected chi connectivity index (χ3v) is 3.69. The second kappa shape index (κ2) is 7.07. The maximum absolute atomic E-state index is 13.5. The lowest BCUT2D eigenvalue weighted by atomic mass is 10.0. The third kappa shape index (κ3) is 3.94. The molecule has 1 atom stereocenters. The average Bonchev–Trinajstić information content (AvgIpc) is 2.38. The molecule has 0 aromatic heterocycles. The number of benzene rings is 1. The summed E-state index contributed by atoms with van der Waals surface area (Å²) in [4.78, 5) is 0. The highest BCUT2D eigenvalue weighted by atomic mass is 35.5. The highest BCUT2D eigenvalue weighted by molar-refractivity contribution is 6.31. The zero-order valence-corrected chi connectivity index (χ0v) is 11.2. The summed E-state index contributed by atoms with van der Waals surface area (Å²) in [5.41, 5.74) is 0.454. The summed E-state index contributed by atoms with van der Waals surface area (Å²) in [6.07, 6.45) is 4.74. The molecule has 0 saturated carbocycles. The highest BCUT2D eigenvalue weighted by Gasteiger charge is 2.12. The summed E-state index contributed by atoms with van der Waals surface area (Å²) in [5.74, 6) is -0.293.